The maximum absolute atomic E-state index is 9.10. The molecule has 0 radical (unpaired) electrons. The van der Waals surface area contributed by atoms with Crippen molar-refractivity contribution in [3.05, 3.63) is 36.3 Å². The Labute approximate surface area is 142 Å². The number of morpholine rings is 1. The Morgan fingerprint density at radius 3 is 2.88 bits per heavy atom. The van der Waals surface area contributed by atoms with Gasteiger partial charge in [-0.3, -0.25) is 0 Å². The molecule has 8 heteroatoms. The van der Waals surface area contributed by atoms with E-state index in [0.29, 0.717) is 5.82 Å². The molecule has 0 amide bonds. The molecule has 0 bridgehead atoms. The lowest BCUT2D eigenvalue weighted by atomic mass is 10.3. The second kappa shape index (κ2) is 6.39. The van der Waals surface area contributed by atoms with Gasteiger partial charge in [0.15, 0.2) is 16.6 Å². The number of anilines is 3. The molecule has 1 saturated heterocycles. The molecule has 3 aromatic rings. The SMILES string of the molecule is N#Cc1nccnc1Nc1ccc2nc(N3CCOCC3)sc2c1. The van der Waals surface area contributed by atoms with Crippen molar-refractivity contribution in [2.75, 3.05) is 36.5 Å². The molecule has 0 saturated carbocycles. The predicted molar refractivity (Wildman–Crippen MR) is 92.7 cm³/mol. The van der Waals surface area contributed by atoms with Crippen LogP contribution in [0.4, 0.5) is 16.6 Å². The molecule has 0 atom stereocenters. The van der Waals surface area contributed by atoms with Crippen molar-refractivity contribution in [3.63, 3.8) is 0 Å². The van der Waals surface area contributed by atoms with Gasteiger partial charge in [0, 0.05) is 31.2 Å². The lowest BCUT2D eigenvalue weighted by Gasteiger charge is -2.25. The van der Waals surface area contributed by atoms with E-state index in [1.165, 1.54) is 6.20 Å². The molecule has 4 rings (SSSR count). The molecular formula is C16H14N6OS. The average molecular weight is 338 g/mol. The van der Waals surface area contributed by atoms with Gasteiger partial charge in [0.25, 0.3) is 0 Å². The number of ether oxygens (including phenoxy) is 1. The zero-order valence-corrected chi connectivity index (χ0v) is 13.6. The van der Waals surface area contributed by atoms with E-state index < -0.39 is 0 Å². The zero-order chi connectivity index (χ0) is 16.4. The van der Waals surface area contributed by atoms with Gasteiger partial charge in [-0.15, -0.1) is 0 Å². The highest BCUT2D eigenvalue weighted by Crippen LogP contribution is 2.31. The van der Waals surface area contributed by atoms with Gasteiger partial charge in [0.05, 0.1) is 23.4 Å². The van der Waals surface area contributed by atoms with Gasteiger partial charge in [0.1, 0.15) is 6.07 Å². The van der Waals surface area contributed by atoms with Gasteiger partial charge >= 0.3 is 0 Å². The van der Waals surface area contributed by atoms with Gasteiger partial charge in [0.2, 0.25) is 0 Å². The lowest BCUT2D eigenvalue weighted by molar-refractivity contribution is 0.122. The topological polar surface area (TPSA) is 87.0 Å². The van der Waals surface area contributed by atoms with Crippen LogP contribution in [0.5, 0.6) is 0 Å². The van der Waals surface area contributed by atoms with Crippen LogP contribution in [0.25, 0.3) is 10.2 Å². The van der Waals surface area contributed by atoms with E-state index in [2.05, 4.69) is 20.2 Å². The maximum atomic E-state index is 9.10. The molecule has 0 aliphatic carbocycles. The van der Waals surface area contributed by atoms with Gasteiger partial charge < -0.3 is 15.0 Å². The Kier molecular flexibility index (Phi) is 3.94. The minimum atomic E-state index is 0.274. The third-order valence-electron chi connectivity index (χ3n) is 3.73. The summed E-state index contributed by atoms with van der Waals surface area (Å²) >= 11 is 1.66. The van der Waals surface area contributed by atoms with Gasteiger partial charge in [-0.1, -0.05) is 11.3 Å². The Balaban J connectivity index is 1.62. The van der Waals surface area contributed by atoms with Crippen molar-refractivity contribution in [1.82, 2.24) is 15.0 Å². The molecular weight excluding hydrogens is 324 g/mol. The molecule has 1 aliphatic rings. The molecule has 1 N–H and O–H groups in total. The van der Waals surface area contributed by atoms with Crippen LogP contribution in [0.2, 0.25) is 0 Å². The summed E-state index contributed by atoms with van der Waals surface area (Å²) in [7, 11) is 0. The van der Waals surface area contributed by atoms with Crippen LogP contribution in [0.3, 0.4) is 0 Å². The molecule has 0 spiro atoms. The van der Waals surface area contributed by atoms with Crippen LogP contribution in [-0.4, -0.2) is 41.3 Å². The highest BCUT2D eigenvalue weighted by Gasteiger charge is 2.15. The number of nitriles is 1. The van der Waals surface area contributed by atoms with Crippen molar-refractivity contribution in [2.45, 2.75) is 0 Å². The number of aromatic nitrogens is 3. The predicted octanol–water partition coefficient (Wildman–Crippen LogP) is 2.54. The van der Waals surface area contributed by atoms with Crippen LogP contribution in [0.15, 0.2) is 30.6 Å². The second-order valence-electron chi connectivity index (χ2n) is 5.27. The summed E-state index contributed by atoms with van der Waals surface area (Å²) in [6, 6.07) is 7.96. The van der Waals surface area contributed by atoms with Crippen molar-refractivity contribution >= 4 is 38.2 Å². The summed E-state index contributed by atoms with van der Waals surface area (Å²) in [5.74, 6) is 0.456. The molecule has 120 valence electrons. The standard InChI is InChI=1S/C16H14N6OS/c17-10-13-15(19-4-3-18-13)20-11-1-2-12-14(9-11)24-16(21-12)22-5-7-23-8-6-22/h1-4,9H,5-8H2,(H,19,20). The van der Waals surface area contributed by atoms with E-state index in [4.69, 9.17) is 15.0 Å². The number of nitrogens with one attached hydrogen (secondary N) is 1. The van der Waals surface area contributed by atoms with E-state index in [-0.39, 0.29) is 5.69 Å². The fourth-order valence-corrected chi connectivity index (χ4v) is 3.58. The van der Waals surface area contributed by atoms with Gasteiger partial charge in [-0.25, -0.2) is 15.0 Å². The van der Waals surface area contributed by atoms with E-state index >= 15 is 0 Å². The number of nitrogens with zero attached hydrogens (tertiary/aromatic N) is 5. The van der Waals surface area contributed by atoms with E-state index in [0.717, 1.165) is 47.3 Å². The van der Waals surface area contributed by atoms with Crippen LogP contribution in [0.1, 0.15) is 5.69 Å². The molecule has 0 unspecified atom stereocenters. The number of benzene rings is 1. The van der Waals surface area contributed by atoms with Crippen molar-refractivity contribution in [2.24, 2.45) is 0 Å². The maximum Gasteiger partial charge on any atom is 0.186 e. The lowest BCUT2D eigenvalue weighted by Crippen LogP contribution is -2.36. The quantitative estimate of drug-likeness (QED) is 0.785. The smallest absolute Gasteiger partial charge is 0.186 e. The molecule has 1 aliphatic heterocycles. The van der Waals surface area contributed by atoms with Crippen LogP contribution in [0, 0.1) is 11.3 Å². The Hall–Kier alpha value is -2.76. The minimum Gasteiger partial charge on any atom is -0.378 e. The summed E-state index contributed by atoms with van der Waals surface area (Å²) in [6.45, 7) is 3.23. The third kappa shape index (κ3) is 2.87. The summed E-state index contributed by atoms with van der Waals surface area (Å²) in [5.41, 5.74) is 2.10. The first-order valence-electron chi connectivity index (χ1n) is 7.55. The fourth-order valence-electron chi connectivity index (χ4n) is 2.53. The Bertz CT molecular complexity index is 912. The second-order valence-corrected chi connectivity index (χ2v) is 6.28. The Morgan fingerprint density at radius 1 is 1.21 bits per heavy atom. The fraction of sp³-hybridized carbons (Fsp3) is 0.250. The molecule has 3 heterocycles. The first-order valence-corrected chi connectivity index (χ1v) is 8.36. The first kappa shape index (κ1) is 14.8. The van der Waals surface area contributed by atoms with Crippen molar-refractivity contribution < 1.29 is 4.74 Å². The number of rotatable bonds is 3. The summed E-state index contributed by atoms with van der Waals surface area (Å²) < 4.78 is 6.48. The monoisotopic (exact) mass is 338 g/mol. The molecule has 7 nitrogen and oxygen atoms in total. The molecule has 24 heavy (non-hydrogen) atoms. The highest BCUT2D eigenvalue weighted by atomic mass is 32.1. The summed E-state index contributed by atoms with van der Waals surface area (Å²) in [5, 5.41) is 13.3. The number of thiazole rings is 1. The summed E-state index contributed by atoms with van der Waals surface area (Å²) in [4.78, 5) is 15.1. The molecule has 1 aromatic carbocycles. The third-order valence-corrected chi connectivity index (χ3v) is 4.80. The van der Waals surface area contributed by atoms with Crippen LogP contribution >= 0.6 is 11.3 Å². The van der Waals surface area contributed by atoms with E-state index in [1.807, 2.05) is 24.3 Å². The normalized spacial score (nSPS) is 14.5. The zero-order valence-electron chi connectivity index (χ0n) is 12.8. The summed E-state index contributed by atoms with van der Waals surface area (Å²) in [6.07, 6.45) is 3.07. The Morgan fingerprint density at radius 2 is 2.04 bits per heavy atom. The average Bonchev–Trinajstić information content (AvgIpc) is 3.06. The van der Waals surface area contributed by atoms with Gasteiger partial charge in [-0.05, 0) is 18.2 Å². The van der Waals surface area contributed by atoms with E-state index in [1.54, 1.807) is 17.5 Å². The number of hydrogen-bond acceptors (Lipinski definition) is 8. The van der Waals surface area contributed by atoms with Gasteiger partial charge in [-0.2, -0.15) is 5.26 Å². The largest absolute Gasteiger partial charge is 0.378 e. The first-order chi connectivity index (χ1) is 11.8. The van der Waals surface area contributed by atoms with Crippen molar-refractivity contribution in [1.29, 1.82) is 5.26 Å². The van der Waals surface area contributed by atoms with E-state index in [9.17, 15) is 0 Å². The number of hydrogen-bond donors (Lipinski definition) is 1. The molecule has 1 fully saturated rings. The van der Waals surface area contributed by atoms with Crippen LogP contribution in [-0.2, 0) is 4.74 Å². The van der Waals surface area contributed by atoms with Crippen molar-refractivity contribution in [3.8, 4) is 6.07 Å². The molecule has 2 aromatic heterocycles. The number of fused-ring (bicyclic) bond motifs is 1. The minimum absolute atomic E-state index is 0.274. The van der Waals surface area contributed by atoms with Crippen LogP contribution < -0.4 is 10.2 Å². The highest BCUT2D eigenvalue weighted by molar-refractivity contribution is 7.22.